The van der Waals surface area contributed by atoms with Gasteiger partial charge in [-0.3, -0.25) is 14.9 Å². The number of ketones is 1. The van der Waals surface area contributed by atoms with E-state index in [0.717, 1.165) is 25.7 Å². The Morgan fingerprint density at radius 2 is 2.20 bits per heavy atom. The Morgan fingerprint density at radius 1 is 1.47 bits per heavy atom. The van der Waals surface area contributed by atoms with Crippen LogP contribution in [0, 0.1) is 16.0 Å². The van der Waals surface area contributed by atoms with Gasteiger partial charge >= 0.3 is 0 Å². The highest BCUT2D eigenvalue weighted by atomic mass is 16.6. The molecule has 0 amide bonds. The van der Waals surface area contributed by atoms with Crippen molar-refractivity contribution in [3.05, 3.63) is 10.1 Å². The molecule has 0 unspecified atom stereocenters. The third-order valence-corrected chi connectivity index (χ3v) is 3.19. The molecule has 0 N–H and O–H groups in total. The predicted molar refractivity (Wildman–Crippen MR) is 57.3 cm³/mol. The first-order valence-electron chi connectivity index (χ1n) is 5.80. The summed E-state index contributed by atoms with van der Waals surface area (Å²) in [4.78, 5) is 22.0. The lowest BCUT2D eigenvalue weighted by Gasteiger charge is -2.11. The summed E-state index contributed by atoms with van der Waals surface area (Å²) in [6.07, 6.45) is 5.34. The first-order valence-corrected chi connectivity index (χ1v) is 5.80. The van der Waals surface area contributed by atoms with Gasteiger partial charge in [0.15, 0.2) is 0 Å². The lowest BCUT2D eigenvalue weighted by atomic mass is 9.95. The van der Waals surface area contributed by atoms with Gasteiger partial charge in [-0.15, -0.1) is 0 Å². The van der Waals surface area contributed by atoms with Crippen LogP contribution in [0.1, 0.15) is 51.9 Å². The summed E-state index contributed by atoms with van der Waals surface area (Å²) in [6, 6.07) is -0.462. The van der Waals surface area contributed by atoms with E-state index < -0.39 is 6.04 Å². The van der Waals surface area contributed by atoms with E-state index >= 15 is 0 Å². The van der Waals surface area contributed by atoms with Crippen LogP contribution in [-0.4, -0.2) is 16.7 Å². The van der Waals surface area contributed by atoms with Crippen LogP contribution in [0.3, 0.4) is 0 Å². The monoisotopic (exact) mass is 213 g/mol. The Balaban J connectivity index is 2.36. The second-order valence-corrected chi connectivity index (χ2v) is 4.39. The van der Waals surface area contributed by atoms with Gasteiger partial charge in [0.05, 0.1) is 0 Å². The van der Waals surface area contributed by atoms with Crippen molar-refractivity contribution in [3.63, 3.8) is 0 Å². The number of nitro groups is 1. The van der Waals surface area contributed by atoms with Gasteiger partial charge in [0.2, 0.25) is 6.04 Å². The van der Waals surface area contributed by atoms with E-state index in [4.69, 9.17) is 0 Å². The zero-order valence-corrected chi connectivity index (χ0v) is 9.28. The molecule has 1 aliphatic carbocycles. The maximum Gasteiger partial charge on any atom is 0.216 e. The van der Waals surface area contributed by atoms with Gasteiger partial charge < -0.3 is 0 Å². The summed E-state index contributed by atoms with van der Waals surface area (Å²) >= 11 is 0. The molecule has 15 heavy (non-hydrogen) atoms. The van der Waals surface area contributed by atoms with Gasteiger partial charge in [-0.25, -0.2) is 0 Å². The van der Waals surface area contributed by atoms with E-state index in [0.29, 0.717) is 19.3 Å². The van der Waals surface area contributed by atoms with Crippen LogP contribution in [0.4, 0.5) is 0 Å². The first kappa shape index (κ1) is 12.1. The molecule has 0 aromatic carbocycles. The van der Waals surface area contributed by atoms with Gasteiger partial charge in [0.25, 0.3) is 0 Å². The molecule has 0 saturated heterocycles. The summed E-state index contributed by atoms with van der Waals surface area (Å²) in [6.45, 7) is 2.04. The fraction of sp³-hybridized carbons (Fsp3) is 0.909. The van der Waals surface area contributed by atoms with Crippen LogP contribution >= 0.6 is 0 Å². The van der Waals surface area contributed by atoms with Crippen molar-refractivity contribution < 1.29 is 9.72 Å². The van der Waals surface area contributed by atoms with E-state index in [2.05, 4.69) is 0 Å². The van der Waals surface area contributed by atoms with Crippen molar-refractivity contribution in [1.29, 1.82) is 0 Å². The average molecular weight is 213 g/mol. The van der Waals surface area contributed by atoms with E-state index in [1.807, 2.05) is 6.92 Å². The summed E-state index contributed by atoms with van der Waals surface area (Å²) in [7, 11) is 0. The normalized spacial score (nSPS) is 25.4. The first-order chi connectivity index (χ1) is 7.15. The SMILES string of the molecule is CCCCC(=O)C[C@@H]1CCC[C@@H]1[N+](=O)[O-]. The Morgan fingerprint density at radius 3 is 2.80 bits per heavy atom. The largest absolute Gasteiger partial charge is 0.300 e. The molecule has 4 heteroatoms. The van der Waals surface area contributed by atoms with Crippen LogP contribution in [0.5, 0.6) is 0 Å². The summed E-state index contributed by atoms with van der Waals surface area (Å²) in [5.41, 5.74) is 0. The van der Waals surface area contributed by atoms with Gasteiger partial charge in [-0.05, 0) is 19.3 Å². The Kier molecular flexibility index (Phi) is 4.72. The predicted octanol–water partition coefficient (Wildman–Crippen LogP) is 2.58. The zero-order chi connectivity index (χ0) is 11.3. The van der Waals surface area contributed by atoms with Crippen molar-refractivity contribution in [1.82, 2.24) is 0 Å². The van der Waals surface area contributed by atoms with Crippen LogP contribution in [0.25, 0.3) is 0 Å². The third kappa shape index (κ3) is 3.61. The highest BCUT2D eigenvalue weighted by molar-refractivity contribution is 5.78. The minimum absolute atomic E-state index is 0.00403. The highest BCUT2D eigenvalue weighted by Gasteiger charge is 2.37. The number of hydrogen-bond acceptors (Lipinski definition) is 3. The molecule has 2 atom stereocenters. The van der Waals surface area contributed by atoms with Crippen LogP contribution in [-0.2, 0) is 4.79 Å². The molecule has 4 nitrogen and oxygen atoms in total. The molecular formula is C11H19NO3. The molecular weight excluding hydrogens is 194 g/mol. The maximum absolute atomic E-state index is 11.5. The molecule has 1 rings (SSSR count). The summed E-state index contributed by atoms with van der Waals surface area (Å²) in [5.74, 6) is 0.208. The number of nitrogens with zero attached hydrogens (tertiary/aromatic N) is 1. The molecule has 0 spiro atoms. The molecule has 0 aliphatic heterocycles. The molecule has 1 fully saturated rings. The fourth-order valence-corrected chi connectivity index (χ4v) is 2.30. The summed E-state index contributed by atoms with van der Waals surface area (Å²) < 4.78 is 0. The number of rotatable bonds is 6. The second-order valence-electron chi connectivity index (χ2n) is 4.39. The zero-order valence-electron chi connectivity index (χ0n) is 9.28. The highest BCUT2D eigenvalue weighted by Crippen LogP contribution is 2.30. The maximum atomic E-state index is 11.5. The third-order valence-electron chi connectivity index (χ3n) is 3.19. The minimum atomic E-state index is -0.462. The molecule has 0 heterocycles. The van der Waals surface area contributed by atoms with Gasteiger partial charge in [0.1, 0.15) is 5.78 Å². The number of unbranched alkanes of at least 4 members (excludes halogenated alkanes) is 1. The van der Waals surface area contributed by atoms with Gasteiger partial charge in [0, 0.05) is 30.1 Å². The quantitative estimate of drug-likeness (QED) is 0.503. The van der Waals surface area contributed by atoms with Crippen LogP contribution in [0.15, 0.2) is 0 Å². The molecule has 1 aliphatic rings. The number of carbonyl (C=O) groups excluding carboxylic acids is 1. The Labute approximate surface area is 90.2 Å². The van der Waals surface area contributed by atoms with E-state index in [1.165, 1.54) is 0 Å². The van der Waals surface area contributed by atoms with Crippen molar-refractivity contribution in [2.24, 2.45) is 5.92 Å². The molecule has 1 saturated carbocycles. The minimum Gasteiger partial charge on any atom is -0.300 e. The number of Topliss-reactive ketones (excluding diaryl/α,β-unsaturated/α-hetero) is 1. The lowest BCUT2D eigenvalue weighted by Crippen LogP contribution is -2.25. The van der Waals surface area contributed by atoms with Crippen LogP contribution < -0.4 is 0 Å². The van der Waals surface area contributed by atoms with Gasteiger partial charge in [-0.2, -0.15) is 0 Å². The van der Waals surface area contributed by atoms with Crippen LogP contribution in [0.2, 0.25) is 0 Å². The molecule has 0 bridgehead atoms. The standard InChI is InChI=1S/C11H19NO3/c1-2-3-6-10(13)8-9-5-4-7-11(9)12(14)15/h9,11H,2-8H2,1H3/t9-,11-/m0/s1. The van der Waals surface area contributed by atoms with Crippen molar-refractivity contribution in [2.45, 2.75) is 57.9 Å². The second kappa shape index (κ2) is 5.83. The number of hydrogen-bond donors (Lipinski definition) is 0. The molecule has 0 aromatic rings. The van der Waals surface area contributed by atoms with Crippen molar-refractivity contribution in [3.8, 4) is 0 Å². The lowest BCUT2D eigenvalue weighted by molar-refractivity contribution is -0.528. The fourth-order valence-electron chi connectivity index (χ4n) is 2.30. The molecule has 0 radical (unpaired) electrons. The average Bonchev–Trinajstić information content (AvgIpc) is 2.62. The van der Waals surface area contributed by atoms with E-state index in [9.17, 15) is 14.9 Å². The van der Waals surface area contributed by atoms with E-state index in [-0.39, 0.29) is 16.6 Å². The Hall–Kier alpha value is -0.930. The van der Waals surface area contributed by atoms with Gasteiger partial charge in [-0.1, -0.05) is 13.3 Å². The van der Waals surface area contributed by atoms with Crippen molar-refractivity contribution >= 4 is 5.78 Å². The molecule has 86 valence electrons. The van der Waals surface area contributed by atoms with Crippen molar-refractivity contribution in [2.75, 3.05) is 0 Å². The molecule has 0 aromatic heterocycles. The summed E-state index contributed by atoms with van der Waals surface area (Å²) in [5, 5.41) is 10.7. The smallest absolute Gasteiger partial charge is 0.216 e. The number of carbonyl (C=O) groups is 1. The van der Waals surface area contributed by atoms with E-state index in [1.54, 1.807) is 0 Å². The Bertz CT molecular complexity index is 240. The topological polar surface area (TPSA) is 60.2 Å².